The number of hydrogen-bond donors (Lipinski definition) is 0. The van der Waals surface area contributed by atoms with Gasteiger partial charge in [0.1, 0.15) is 5.52 Å². The summed E-state index contributed by atoms with van der Waals surface area (Å²) >= 11 is 0. The van der Waals surface area contributed by atoms with Crippen LogP contribution in [-0.4, -0.2) is 14.6 Å². The minimum atomic E-state index is -0.352. The van der Waals surface area contributed by atoms with E-state index < -0.39 is 0 Å². The van der Waals surface area contributed by atoms with Gasteiger partial charge in [0.2, 0.25) is 0 Å². The molecule has 0 atom stereocenters. The maximum Gasteiger partial charge on any atom is 0.170 e. The van der Waals surface area contributed by atoms with Crippen LogP contribution in [0.1, 0.15) is 5.69 Å². The second-order valence-corrected chi connectivity index (χ2v) is 3.85. The van der Waals surface area contributed by atoms with E-state index in [-0.39, 0.29) is 5.82 Å². The normalized spacial score (nSPS) is 10.9. The molecule has 0 radical (unpaired) electrons. The van der Waals surface area contributed by atoms with Gasteiger partial charge in [0.15, 0.2) is 5.82 Å². The van der Waals surface area contributed by atoms with E-state index >= 15 is 0 Å². The van der Waals surface area contributed by atoms with Crippen LogP contribution in [0.4, 0.5) is 4.39 Å². The van der Waals surface area contributed by atoms with Crippen molar-refractivity contribution in [3.05, 3.63) is 54.2 Å². The molecule has 3 aromatic rings. The summed E-state index contributed by atoms with van der Waals surface area (Å²) in [6, 6.07) is 9.74. The summed E-state index contributed by atoms with van der Waals surface area (Å²) in [5.41, 5.74) is 3.03. The van der Waals surface area contributed by atoms with Gasteiger partial charge >= 0.3 is 0 Å². The number of rotatable bonds is 1. The lowest BCUT2D eigenvalue weighted by molar-refractivity contribution is 0.638. The van der Waals surface area contributed by atoms with Gasteiger partial charge in [0.05, 0.1) is 23.8 Å². The van der Waals surface area contributed by atoms with Crippen molar-refractivity contribution in [1.82, 2.24) is 14.6 Å². The molecule has 0 bridgehead atoms. The lowest BCUT2D eigenvalue weighted by atomic mass is 10.1. The Balaban J connectivity index is 2.39. The third kappa shape index (κ3) is 1.49. The Labute approximate surface area is 97.5 Å². The fraction of sp³-hybridized carbons (Fsp3) is 0.0769. The summed E-state index contributed by atoms with van der Waals surface area (Å²) in [4.78, 5) is 4.22. The van der Waals surface area contributed by atoms with Gasteiger partial charge in [-0.1, -0.05) is 30.3 Å². The second kappa shape index (κ2) is 3.66. The molecule has 3 rings (SSSR count). The van der Waals surface area contributed by atoms with Crippen LogP contribution in [0, 0.1) is 12.7 Å². The van der Waals surface area contributed by atoms with Crippen molar-refractivity contribution in [1.29, 1.82) is 0 Å². The number of aromatic nitrogens is 3. The molecule has 1 aromatic carbocycles. The van der Waals surface area contributed by atoms with Crippen LogP contribution in [0.5, 0.6) is 0 Å². The van der Waals surface area contributed by atoms with E-state index in [1.165, 1.54) is 12.4 Å². The Kier molecular flexibility index (Phi) is 2.14. The lowest BCUT2D eigenvalue weighted by Gasteiger charge is -2.07. The van der Waals surface area contributed by atoms with Crippen LogP contribution >= 0.6 is 0 Å². The maximum atomic E-state index is 13.5. The average molecular weight is 227 g/mol. The summed E-state index contributed by atoms with van der Waals surface area (Å²) in [6.45, 7) is 1.89. The second-order valence-electron chi connectivity index (χ2n) is 3.85. The van der Waals surface area contributed by atoms with Crippen LogP contribution in [-0.2, 0) is 0 Å². The van der Waals surface area contributed by atoms with Crippen molar-refractivity contribution in [2.45, 2.75) is 6.92 Å². The molecule has 0 aliphatic rings. The van der Waals surface area contributed by atoms with Gasteiger partial charge < -0.3 is 0 Å². The van der Waals surface area contributed by atoms with E-state index in [0.717, 1.165) is 17.0 Å². The van der Waals surface area contributed by atoms with Crippen LogP contribution in [0.2, 0.25) is 0 Å². The van der Waals surface area contributed by atoms with Gasteiger partial charge in [-0.25, -0.2) is 8.91 Å². The number of hydrogen-bond acceptors (Lipinski definition) is 2. The topological polar surface area (TPSA) is 30.2 Å². The fourth-order valence-corrected chi connectivity index (χ4v) is 1.93. The Morgan fingerprint density at radius 2 is 1.88 bits per heavy atom. The highest BCUT2D eigenvalue weighted by atomic mass is 19.1. The van der Waals surface area contributed by atoms with E-state index in [4.69, 9.17) is 0 Å². The summed E-state index contributed by atoms with van der Waals surface area (Å²) in [5.74, 6) is -0.352. The number of nitrogens with zero attached hydrogens (tertiary/aromatic N) is 3. The first-order chi connectivity index (χ1) is 8.27. The zero-order valence-electron chi connectivity index (χ0n) is 9.26. The highest BCUT2D eigenvalue weighted by Crippen LogP contribution is 2.23. The van der Waals surface area contributed by atoms with Crippen LogP contribution < -0.4 is 0 Å². The van der Waals surface area contributed by atoms with Crippen molar-refractivity contribution >= 4 is 5.52 Å². The molecule has 0 unspecified atom stereocenters. The Bertz CT molecular complexity index is 674. The van der Waals surface area contributed by atoms with Gasteiger partial charge in [-0.2, -0.15) is 5.10 Å². The molecule has 0 aliphatic carbocycles. The fourth-order valence-electron chi connectivity index (χ4n) is 1.93. The molecule has 0 N–H and O–H groups in total. The minimum absolute atomic E-state index is 0.352. The summed E-state index contributed by atoms with van der Waals surface area (Å²) in [7, 11) is 0. The highest BCUT2D eigenvalue weighted by Gasteiger charge is 2.11. The van der Waals surface area contributed by atoms with E-state index in [1.54, 1.807) is 4.52 Å². The predicted molar refractivity (Wildman–Crippen MR) is 63.1 cm³/mol. The third-order valence-electron chi connectivity index (χ3n) is 2.74. The molecule has 84 valence electrons. The molecule has 2 aromatic heterocycles. The quantitative estimate of drug-likeness (QED) is 0.640. The van der Waals surface area contributed by atoms with Gasteiger partial charge in [-0.05, 0) is 6.92 Å². The van der Waals surface area contributed by atoms with Gasteiger partial charge in [0.25, 0.3) is 0 Å². The highest BCUT2D eigenvalue weighted by molar-refractivity contribution is 5.65. The van der Waals surface area contributed by atoms with Crippen molar-refractivity contribution in [2.24, 2.45) is 0 Å². The first-order valence-electron chi connectivity index (χ1n) is 5.31. The molecular weight excluding hydrogens is 217 g/mol. The first-order valence-corrected chi connectivity index (χ1v) is 5.31. The molecule has 0 amide bonds. The molecular formula is C13H10FN3. The average Bonchev–Trinajstić information content (AvgIpc) is 2.72. The summed E-state index contributed by atoms with van der Waals surface area (Å²) in [5, 5.41) is 4.06. The van der Waals surface area contributed by atoms with Crippen molar-refractivity contribution < 1.29 is 4.39 Å². The molecule has 3 nitrogen and oxygen atoms in total. The zero-order valence-corrected chi connectivity index (χ0v) is 9.26. The maximum absolute atomic E-state index is 13.5. The molecule has 0 saturated heterocycles. The van der Waals surface area contributed by atoms with Crippen LogP contribution in [0.3, 0.4) is 0 Å². The molecule has 0 saturated carbocycles. The Morgan fingerprint density at radius 3 is 2.65 bits per heavy atom. The molecule has 0 aliphatic heterocycles. The minimum Gasteiger partial charge on any atom is -0.257 e. The zero-order chi connectivity index (χ0) is 11.8. The molecule has 0 fully saturated rings. The predicted octanol–water partition coefficient (Wildman–Crippen LogP) is 2.84. The van der Waals surface area contributed by atoms with Crippen LogP contribution in [0.15, 0.2) is 42.7 Å². The lowest BCUT2D eigenvalue weighted by Crippen LogP contribution is -1.99. The first kappa shape index (κ1) is 9.96. The molecule has 0 spiro atoms. The number of halogens is 1. The monoisotopic (exact) mass is 227 g/mol. The van der Waals surface area contributed by atoms with Crippen molar-refractivity contribution in [2.75, 3.05) is 0 Å². The van der Waals surface area contributed by atoms with E-state index in [9.17, 15) is 4.39 Å². The smallest absolute Gasteiger partial charge is 0.170 e. The Morgan fingerprint density at radius 1 is 1.12 bits per heavy atom. The van der Waals surface area contributed by atoms with Crippen LogP contribution in [0.25, 0.3) is 16.8 Å². The van der Waals surface area contributed by atoms with Gasteiger partial charge in [-0.3, -0.25) is 4.98 Å². The standard InChI is InChI=1S/C13H10FN3/c1-9-13(10-5-3-2-4-6-10)17-12(8-15-9)11(14)7-16-17/h2-8H,1H3. The van der Waals surface area contributed by atoms with Crippen molar-refractivity contribution in [3.8, 4) is 11.3 Å². The summed E-state index contributed by atoms with van der Waals surface area (Å²) < 4.78 is 15.0. The van der Waals surface area contributed by atoms with E-state index in [1.807, 2.05) is 37.3 Å². The van der Waals surface area contributed by atoms with E-state index in [2.05, 4.69) is 10.1 Å². The molecule has 17 heavy (non-hydrogen) atoms. The SMILES string of the molecule is Cc1ncc2c(F)cnn2c1-c1ccccc1. The summed E-state index contributed by atoms with van der Waals surface area (Å²) in [6.07, 6.45) is 2.72. The molecule has 4 heteroatoms. The third-order valence-corrected chi connectivity index (χ3v) is 2.74. The molecule has 2 heterocycles. The largest absolute Gasteiger partial charge is 0.257 e. The van der Waals surface area contributed by atoms with Gasteiger partial charge in [-0.15, -0.1) is 0 Å². The number of fused-ring (bicyclic) bond motifs is 1. The van der Waals surface area contributed by atoms with Gasteiger partial charge in [0, 0.05) is 5.56 Å². The number of aryl methyl sites for hydroxylation is 1. The van der Waals surface area contributed by atoms with E-state index in [0.29, 0.717) is 5.52 Å². The Hall–Kier alpha value is -2.23. The van der Waals surface area contributed by atoms with Crippen molar-refractivity contribution in [3.63, 3.8) is 0 Å². The number of benzene rings is 1.